The Morgan fingerprint density at radius 2 is 1.58 bits per heavy atom. The molecule has 12 heavy (non-hydrogen) atoms. The van der Waals surface area contributed by atoms with Gasteiger partial charge < -0.3 is 0 Å². The Kier molecular flexibility index (Phi) is 6.71. The molecule has 0 aliphatic heterocycles. The quantitative estimate of drug-likeness (QED) is 0.579. The number of thioether (sulfide) groups is 1. The third kappa shape index (κ3) is 10.1. The first-order valence-electron chi connectivity index (χ1n) is 4.27. The van der Waals surface area contributed by atoms with Crippen LogP contribution in [0.1, 0.15) is 39.0 Å². The molecule has 0 heterocycles. The van der Waals surface area contributed by atoms with Gasteiger partial charge in [-0.2, -0.15) is 13.2 Å². The van der Waals surface area contributed by atoms with E-state index in [0.29, 0.717) is 6.42 Å². The Labute approximate surface area is 75.9 Å². The van der Waals surface area contributed by atoms with Crippen LogP contribution in [-0.4, -0.2) is 11.3 Å². The molecule has 4 heteroatoms. The zero-order valence-electron chi connectivity index (χ0n) is 7.28. The average molecular weight is 200 g/mol. The van der Waals surface area contributed by atoms with E-state index in [9.17, 15) is 13.2 Å². The molecule has 0 aromatic carbocycles. The Bertz CT molecular complexity index is 101. The van der Waals surface area contributed by atoms with Gasteiger partial charge in [0.2, 0.25) is 0 Å². The van der Waals surface area contributed by atoms with Gasteiger partial charge in [0.15, 0.2) is 0 Å². The Hall–Kier alpha value is 0.140. The molecular weight excluding hydrogens is 185 g/mol. The van der Waals surface area contributed by atoms with Crippen molar-refractivity contribution in [3.05, 3.63) is 0 Å². The van der Waals surface area contributed by atoms with E-state index in [1.807, 2.05) is 0 Å². The first-order chi connectivity index (χ1) is 5.56. The lowest BCUT2D eigenvalue weighted by Gasteiger charge is -2.04. The van der Waals surface area contributed by atoms with Crippen molar-refractivity contribution in [3.63, 3.8) is 0 Å². The maximum Gasteiger partial charge on any atom is 0.441 e. The molecule has 0 bridgehead atoms. The van der Waals surface area contributed by atoms with E-state index < -0.39 is 5.51 Å². The molecule has 0 saturated carbocycles. The number of hydrogen-bond donors (Lipinski definition) is 0. The van der Waals surface area contributed by atoms with Crippen LogP contribution < -0.4 is 0 Å². The van der Waals surface area contributed by atoms with Gasteiger partial charge in [-0.1, -0.05) is 44.4 Å². The van der Waals surface area contributed by atoms with E-state index in [1.54, 1.807) is 0 Å². The summed E-state index contributed by atoms with van der Waals surface area (Å²) in [5.41, 5.74) is -4.04. The fourth-order valence-corrected chi connectivity index (χ4v) is 1.47. The number of alkyl halides is 3. The van der Waals surface area contributed by atoms with Crippen LogP contribution in [0.25, 0.3) is 0 Å². The molecule has 0 nitrogen and oxygen atoms in total. The molecule has 0 N–H and O–H groups in total. The van der Waals surface area contributed by atoms with Crippen molar-refractivity contribution in [2.24, 2.45) is 0 Å². The van der Waals surface area contributed by atoms with Gasteiger partial charge in [-0.05, 0) is 6.42 Å². The number of rotatable bonds is 6. The maximum absolute atomic E-state index is 11.6. The summed E-state index contributed by atoms with van der Waals surface area (Å²) in [6.07, 6.45) is 4.94. The van der Waals surface area contributed by atoms with Crippen LogP contribution in [0.3, 0.4) is 0 Å². The summed E-state index contributed by atoms with van der Waals surface area (Å²) in [7, 11) is 0. The SMILES string of the molecule is CCCCCCCSC(F)(F)F. The highest BCUT2D eigenvalue weighted by Gasteiger charge is 2.27. The molecule has 0 saturated heterocycles. The summed E-state index contributed by atoms with van der Waals surface area (Å²) in [6.45, 7) is 2.09. The molecule has 0 aromatic rings. The standard InChI is InChI=1S/C8H15F3S/c1-2-3-4-5-6-7-12-8(9,10)11/h2-7H2,1H3. The molecule has 0 unspecified atom stereocenters. The fraction of sp³-hybridized carbons (Fsp3) is 1.00. The number of halogens is 3. The largest absolute Gasteiger partial charge is 0.441 e. The lowest BCUT2D eigenvalue weighted by Crippen LogP contribution is -2.01. The van der Waals surface area contributed by atoms with Gasteiger partial charge in [-0.3, -0.25) is 0 Å². The predicted molar refractivity (Wildman–Crippen MR) is 47.3 cm³/mol. The van der Waals surface area contributed by atoms with Gasteiger partial charge in [-0.15, -0.1) is 0 Å². The lowest BCUT2D eigenvalue weighted by molar-refractivity contribution is -0.0328. The zero-order valence-corrected chi connectivity index (χ0v) is 8.10. The van der Waals surface area contributed by atoms with E-state index in [0.717, 1.165) is 25.7 Å². The molecule has 0 fully saturated rings. The second-order valence-electron chi connectivity index (χ2n) is 2.71. The van der Waals surface area contributed by atoms with Gasteiger partial charge >= 0.3 is 5.51 Å². The van der Waals surface area contributed by atoms with Gasteiger partial charge in [0, 0.05) is 5.75 Å². The summed E-state index contributed by atoms with van der Waals surface area (Å²) in [5, 5.41) is 0. The number of hydrogen-bond acceptors (Lipinski definition) is 1. The molecule has 0 aromatic heterocycles. The van der Waals surface area contributed by atoms with Crippen molar-refractivity contribution in [2.45, 2.75) is 44.5 Å². The third-order valence-corrected chi connectivity index (χ3v) is 2.33. The predicted octanol–water partition coefficient (Wildman–Crippen LogP) is 4.21. The zero-order chi connectivity index (χ0) is 9.45. The molecule has 0 atom stereocenters. The smallest absolute Gasteiger partial charge is 0.160 e. The highest BCUT2D eigenvalue weighted by Crippen LogP contribution is 2.30. The van der Waals surface area contributed by atoms with Crippen LogP contribution in [0, 0.1) is 0 Å². The topological polar surface area (TPSA) is 0 Å². The van der Waals surface area contributed by atoms with Crippen molar-refractivity contribution in [3.8, 4) is 0 Å². The molecular formula is C8H15F3S. The second-order valence-corrected chi connectivity index (χ2v) is 3.87. The van der Waals surface area contributed by atoms with E-state index in [4.69, 9.17) is 0 Å². The summed E-state index contributed by atoms with van der Waals surface area (Å²) in [4.78, 5) is 0. The van der Waals surface area contributed by atoms with Crippen molar-refractivity contribution >= 4 is 11.8 Å². The van der Waals surface area contributed by atoms with Gasteiger partial charge in [0.25, 0.3) is 0 Å². The number of unbranched alkanes of at least 4 members (excludes halogenated alkanes) is 4. The van der Waals surface area contributed by atoms with E-state index in [1.165, 1.54) is 0 Å². The van der Waals surface area contributed by atoms with E-state index in [-0.39, 0.29) is 17.5 Å². The van der Waals surface area contributed by atoms with Crippen molar-refractivity contribution in [2.75, 3.05) is 5.75 Å². The minimum atomic E-state index is -4.04. The van der Waals surface area contributed by atoms with Crippen molar-refractivity contribution < 1.29 is 13.2 Å². The van der Waals surface area contributed by atoms with Crippen LogP contribution >= 0.6 is 11.8 Å². The van der Waals surface area contributed by atoms with Gasteiger partial charge in [0.05, 0.1) is 0 Å². The van der Waals surface area contributed by atoms with Crippen molar-refractivity contribution in [1.29, 1.82) is 0 Å². The molecule has 0 amide bonds. The Morgan fingerprint density at radius 1 is 1.00 bits per heavy atom. The fourth-order valence-electron chi connectivity index (χ4n) is 0.894. The summed E-state index contributed by atoms with van der Waals surface area (Å²) >= 11 is 0.0916. The lowest BCUT2D eigenvalue weighted by atomic mass is 10.2. The molecule has 0 aliphatic carbocycles. The molecule has 0 spiro atoms. The summed E-state index contributed by atoms with van der Waals surface area (Å²) in [5.74, 6) is 0.215. The Morgan fingerprint density at radius 3 is 2.08 bits per heavy atom. The highest BCUT2D eigenvalue weighted by atomic mass is 32.2. The first-order valence-corrected chi connectivity index (χ1v) is 5.25. The van der Waals surface area contributed by atoms with E-state index in [2.05, 4.69) is 6.92 Å². The summed E-state index contributed by atoms with van der Waals surface area (Å²) < 4.78 is 34.8. The minimum Gasteiger partial charge on any atom is -0.160 e. The first kappa shape index (κ1) is 12.1. The monoisotopic (exact) mass is 200 g/mol. The normalized spacial score (nSPS) is 12.0. The van der Waals surface area contributed by atoms with Crippen molar-refractivity contribution in [1.82, 2.24) is 0 Å². The summed E-state index contributed by atoms with van der Waals surface area (Å²) in [6, 6.07) is 0. The van der Waals surface area contributed by atoms with E-state index >= 15 is 0 Å². The third-order valence-electron chi connectivity index (χ3n) is 1.51. The van der Waals surface area contributed by atoms with Crippen LogP contribution in [0.15, 0.2) is 0 Å². The highest BCUT2D eigenvalue weighted by molar-refractivity contribution is 8.00. The molecule has 74 valence electrons. The minimum absolute atomic E-state index is 0.0916. The van der Waals surface area contributed by atoms with Gasteiger partial charge in [-0.25, -0.2) is 0 Å². The van der Waals surface area contributed by atoms with Crippen LogP contribution in [0.4, 0.5) is 13.2 Å². The maximum atomic E-state index is 11.6. The molecule has 0 radical (unpaired) electrons. The van der Waals surface area contributed by atoms with Gasteiger partial charge in [0.1, 0.15) is 0 Å². The average Bonchev–Trinajstić information content (AvgIpc) is 1.94. The van der Waals surface area contributed by atoms with Crippen LogP contribution in [0.2, 0.25) is 0 Å². The van der Waals surface area contributed by atoms with Crippen LogP contribution in [-0.2, 0) is 0 Å². The molecule has 0 aliphatic rings. The molecule has 0 rings (SSSR count). The van der Waals surface area contributed by atoms with Crippen LogP contribution in [0.5, 0.6) is 0 Å². The Balaban J connectivity index is 3.01. The second kappa shape index (κ2) is 6.63.